The molecule has 0 N–H and O–H groups in total. The van der Waals surface area contributed by atoms with Crippen LogP contribution in [0.1, 0.15) is 52.7 Å². The Morgan fingerprint density at radius 3 is 2.02 bits per heavy atom. The third-order valence-electron chi connectivity index (χ3n) is 9.52. The molecule has 2 aliphatic heterocycles. The number of benzene rings is 5. The van der Waals surface area contributed by atoms with E-state index in [4.69, 9.17) is 4.98 Å². The van der Waals surface area contributed by atoms with Crippen molar-refractivity contribution in [3.63, 3.8) is 0 Å². The van der Waals surface area contributed by atoms with Crippen molar-refractivity contribution in [2.24, 2.45) is 0 Å². The van der Waals surface area contributed by atoms with Gasteiger partial charge in [0.1, 0.15) is 5.82 Å². The van der Waals surface area contributed by atoms with Crippen LogP contribution in [0, 0.1) is 18.8 Å². The zero-order chi connectivity index (χ0) is 35.3. The van der Waals surface area contributed by atoms with E-state index < -0.39 is 0 Å². The SMILES string of the molecule is CC(C)(C)c1ccnc(N2c3[c-]c(Sc4[c-]c(N5C=CN(c6ccccc6)[CH-]5)ccc4)ccc3-c3ccccc3-c3cc(C(C)(C)C)ccc32)c1.[Pt]. The maximum atomic E-state index is 5.02. The minimum Gasteiger partial charge on any atom is -0.500 e. The van der Waals surface area contributed by atoms with E-state index in [-0.39, 0.29) is 31.9 Å². The van der Waals surface area contributed by atoms with Crippen molar-refractivity contribution in [1.29, 1.82) is 0 Å². The van der Waals surface area contributed by atoms with Crippen LogP contribution in [0.15, 0.2) is 144 Å². The number of nitrogens with zero attached hydrogens (tertiary/aromatic N) is 4. The number of aromatic nitrogens is 1. The molecule has 0 atom stereocenters. The van der Waals surface area contributed by atoms with Gasteiger partial charge in [-0.25, -0.2) is 4.98 Å². The Balaban J connectivity index is 0.00000420. The van der Waals surface area contributed by atoms with Gasteiger partial charge in [-0.2, -0.15) is 30.3 Å². The molecule has 5 aromatic carbocycles. The van der Waals surface area contributed by atoms with E-state index in [0.29, 0.717) is 0 Å². The van der Waals surface area contributed by atoms with Crippen molar-refractivity contribution < 1.29 is 21.1 Å². The molecule has 0 spiro atoms. The number of pyridine rings is 1. The average molecular weight is 877 g/mol. The third kappa shape index (κ3) is 6.97. The Hall–Kier alpha value is -4.57. The smallest absolute Gasteiger partial charge is 0.135 e. The predicted octanol–water partition coefficient (Wildman–Crippen LogP) is 12.5. The molecule has 0 saturated carbocycles. The summed E-state index contributed by atoms with van der Waals surface area (Å²) in [7, 11) is 0. The molecule has 0 fully saturated rings. The first-order valence-electron chi connectivity index (χ1n) is 17.5. The molecule has 52 heavy (non-hydrogen) atoms. The molecule has 0 aliphatic carbocycles. The van der Waals surface area contributed by atoms with Gasteiger partial charge in [-0.1, -0.05) is 101 Å². The number of anilines is 5. The fraction of sp³-hybridized carbons (Fsp3) is 0.174. The summed E-state index contributed by atoms with van der Waals surface area (Å²) in [6.45, 7) is 15.7. The number of hydrogen-bond acceptors (Lipinski definition) is 5. The van der Waals surface area contributed by atoms with E-state index in [1.807, 2.05) is 12.3 Å². The van der Waals surface area contributed by atoms with E-state index in [0.717, 1.165) is 43.9 Å². The molecule has 0 radical (unpaired) electrons. The van der Waals surface area contributed by atoms with Crippen molar-refractivity contribution in [3.8, 4) is 22.3 Å². The summed E-state index contributed by atoms with van der Waals surface area (Å²) in [5, 5.41) is 0. The van der Waals surface area contributed by atoms with E-state index in [1.54, 1.807) is 11.8 Å². The minimum atomic E-state index is -0.0311. The molecule has 3 heterocycles. The summed E-state index contributed by atoms with van der Waals surface area (Å²) in [6, 6.07) is 48.7. The average Bonchev–Trinajstić information content (AvgIpc) is 3.59. The van der Waals surface area contributed by atoms with Crippen molar-refractivity contribution in [3.05, 3.63) is 164 Å². The quantitative estimate of drug-likeness (QED) is 0.160. The molecule has 6 aromatic rings. The van der Waals surface area contributed by atoms with Crippen LogP contribution in [-0.4, -0.2) is 4.98 Å². The monoisotopic (exact) mass is 876 g/mol. The summed E-state index contributed by atoms with van der Waals surface area (Å²) in [5.41, 5.74) is 11.4. The maximum absolute atomic E-state index is 5.02. The van der Waals surface area contributed by atoms with E-state index in [2.05, 4.69) is 197 Å². The molecule has 0 amide bonds. The summed E-state index contributed by atoms with van der Waals surface area (Å²) < 4.78 is 0. The number of rotatable bonds is 5. The first-order chi connectivity index (χ1) is 24.5. The van der Waals surface area contributed by atoms with Gasteiger partial charge in [-0.05, 0) is 76.3 Å². The van der Waals surface area contributed by atoms with Gasteiger partial charge in [0.2, 0.25) is 0 Å². The molecule has 8 rings (SSSR count). The molecule has 4 nitrogen and oxygen atoms in total. The molecule has 0 bridgehead atoms. The van der Waals surface area contributed by atoms with Crippen LogP contribution >= 0.6 is 11.8 Å². The van der Waals surface area contributed by atoms with Gasteiger partial charge in [-0.3, -0.25) is 0 Å². The Bertz CT molecular complexity index is 2270. The predicted molar refractivity (Wildman–Crippen MR) is 214 cm³/mol. The molecule has 6 heteroatoms. The summed E-state index contributed by atoms with van der Waals surface area (Å²) in [6.07, 6.45) is 6.08. The standard InChI is InChI=1S/C46H41N4S.Pt/c1-45(2,3)32-19-22-42-41(27-32)39-18-11-10-17-38(39)40-21-20-37(30-43(40)50(42)44-28-33(23-24-47-44)46(4,5)6)51-36-16-12-15-35(29-36)49-26-25-48(31-49)34-13-8-7-9-14-34;/h7-28,31H,1-6H3;/q-3;. The largest absolute Gasteiger partial charge is 0.500 e. The zero-order valence-corrected chi connectivity index (χ0v) is 33.4. The van der Waals surface area contributed by atoms with Crippen molar-refractivity contribution in [1.82, 2.24) is 4.98 Å². The van der Waals surface area contributed by atoms with E-state index in [1.165, 1.54) is 27.8 Å². The normalized spacial score (nSPS) is 13.6. The zero-order valence-electron chi connectivity index (χ0n) is 30.3. The van der Waals surface area contributed by atoms with Crippen LogP contribution in [0.3, 0.4) is 0 Å². The molecular formula is C46H41N4PtS-3. The summed E-state index contributed by atoms with van der Waals surface area (Å²) >= 11 is 1.67. The van der Waals surface area contributed by atoms with Crippen molar-refractivity contribution >= 4 is 40.3 Å². The van der Waals surface area contributed by atoms with Crippen molar-refractivity contribution in [2.75, 3.05) is 14.7 Å². The fourth-order valence-corrected chi connectivity index (χ4v) is 7.49. The topological polar surface area (TPSA) is 22.6 Å². The van der Waals surface area contributed by atoms with Crippen molar-refractivity contribution in [2.45, 2.75) is 62.2 Å². The second-order valence-corrected chi connectivity index (χ2v) is 16.3. The van der Waals surface area contributed by atoms with Gasteiger partial charge in [-0.15, -0.1) is 51.6 Å². The Kier molecular flexibility index (Phi) is 9.71. The Labute approximate surface area is 327 Å². The molecule has 264 valence electrons. The van der Waals surface area contributed by atoms with Gasteiger partial charge in [0.15, 0.2) is 0 Å². The van der Waals surface area contributed by atoms with Gasteiger partial charge in [0, 0.05) is 38.5 Å². The van der Waals surface area contributed by atoms with Gasteiger partial charge >= 0.3 is 0 Å². The number of para-hydroxylation sites is 1. The minimum absolute atomic E-state index is 0. The van der Waals surface area contributed by atoms with Crippen LogP contribution in [0.25, 0.3) is 22.3 Å². The summed E-state index contributed by atoms with van der Waals surface area (Å²) in [5.74, 6) is 0.882. The van der Waals surface area contributed by atoms with Gasteiger partial charge in [0.05, 0.1) is 5.69 Å². The van der Waals surface area contributed by atoms with E-state index in [9.17, 15) is 0 Å². The summed E-state index contributed by atoms with van der Waals surface area (Å²) in [4.78, 5) is 13.6. The second kappa shape index (κ2) is 14.1. The Morgan fingerprint density at radius 2 is 1.27 bits per heavy atom. The molecule has 1 aromatic heterocycles. The molecule has 0 unspecified atom stereocenters. The van der Waals surface area contributed by atoms with Gasteiger partial charge < -0.3 is 14.7 Å². The van der Waals surface area contributed by atoms with Gasteiger partial charge in [0.25, 0.3) is 0 Å². The van der Waals surface area contributed by atoms with Crippen LogP contribution < -0.4 is 14.7 Å². The number of fused-ring (bicyclic) bond motifs is 5. The first kappa shape index (κ1) is 35.8. The van der Waals surface area contributed by atoms with Crippen LogP contribution in [0.5, 0.6) is 0 Å². The third-order valence-corrected chi connectivity index (χ3v) is 10.4. The first-order valence-corrected chi connectivity index (χ1v) is 18.3. The molecule has 2 aliphatic rings. The van der Waals surface area contributed by atoms with E-state index >= 15 is 0 Å². The molecular weight excluding hydrogens is 836 g/mol. The molecule has 0 saturated heterocycles. The van der Waals surface area contributed by atoms with Crippen LogP contribution in [-0.2, 0) is 31.9 Å². The second-order valence-electron chi connectivity index (χ2n) is 15.2. The van der Waals surface area contributed by atoms with Crippen LogP contribution in [0.2, 0.25) is 0 Å². The number of hydrogen-bond donors (Lipinski definition) is 0. The fourth-order valence-electron chi connectivity index (χ4n) is 6.66. The Morgan fingerprint density at radius 1 is 0.596 bits per heavy atom. The maximum Gasteiger partial charge on any atom is 0.135 e. The van der Waals surface area contributed by atoms with Crippen LogP contribution in [0.4, 0.5) is 28.6 Å².